The van der Waals surface area contributed by atoms with E-state index in [0.29, 0.717) is 11.3 Å². The van der Waals surface area contributed by atoms with Crippen molar-refractivity contribution in [3.05, 3.63) is 74.3 Å². The Kier molecular flexibility index (Phi) is 4.51. The van der Waals surface area contributed by atoms with E-state index < -0.39 is 22.7 Å². The minimum absolute atomic E-state index is 0.00479. The fraction of sp³-hybridized carbons (Fsp3) is 0.176. The van der Waals surface area contributed by atoms with E-state index in [-0.39, 0.29) is 28.5 Å². The van der Waals surface area contributed by atoms with E-state index in [1.807, 2.05) is 0 Å². The van der Waals surface area contributed by atoms with Gasteiger partial charge in [-0.25, -0.2) is 14.8 Å². The third kappa shape index (κ3) is 2.94. The van der Waals surface area contributed by atoms with Gasteiger partial charge in [-0.2, -0.15) is 5.23 Å². The van der Waals surface area contributed by atoms with Crippen LogP contribution in [0, 0.1) is 12.1 Å². The fourth-order valence-corrected chi connectivity index (χ4v) is 2.91. The molecule has 0 saturated heterocycles. The lowest BCUT2D eigenvalue weighted by Gasteiger charge is -2.27. The van der Waals surface area contributed by atoms with Crippen LogP contribution in [0.15, 0.2) is 51.0 Å². The molecule has 9 heteroatoms. The van der Waals surface area contributed by atoms with Gasteiger partial charge in [0.15, 0.2) is 5.69 Å². The van der Waals surface area contributed by atoms with E-state index in [1.54, 1.807) is 13.0 Å². The molecular weight excluding hydrogens is 344 g/mol. The van der Waals surface area contributed by atoms with Crippen molar-refractivity contribution in [2.45, 2.75) is 12.8 Å². The highest BCUT2D eigenvalue weighted by Crippen LogP contribution is 2.41. The Hall–Kier alpha value is -3.14. The highest BCUT2D eigenvalue weighted by molar-refractivity contribution is 5.92. The molecular formula is C17H16N2O7. The molecule has 2 heterocycles. The number of hydrogen-bond acceptors (Lipinski definition) is 8. The number of rotatable bonds is 3. The van der Waals surface area contributed by atoms with E-state index >= 15 is 0 Å². The number of esters is 1. The van der Waals surface area contributed by atoms with Gasteiger partial charge < -0.3 is 24.8 Å². The third-order valence-corrected chi connectivity index (χ3v) is 4.01. The van der Waals surface area contributed by atoms with Crippen LogP contribution in [0.1, 0.15) is 22.8 Å². The van der Waals surface area contributed by atoms with E-state index in [2.05, 4.69) is 0 Å². The Balaban J connectivity index is 2.30. The van der Waals surface area contributed by atoms with Gasteiger partial charge in [-0.05, 0) is 12.5 Å². The molecule has 4 N–H and O–H groups in total. The monoisotopic (exact) mass is 360 g/mol. The molecule has 0 aliphatic carbocycles. The normalized spacial score (nSPS) is 17.3. The summed E-state index contributed by atoms with van der Waals surface area (Å²) in [5.41, 5.74) is 5.51. The molecule has 0 fully saturated rings. The zero-order valence-electron chi connectivity index (χ0n) is 13.9. The van der Waals surface area contributed by atoms with Crippen LogP contribution in [0.25, 0.3) is 0 Å². The summed E-state index contributed by atoms with van der Waals surface area (Å²) in [5, 5.41) is 19.4. The van der Waals surface area contributed by atoms with E-state index in [9.17, 15) is 20.0 Å². The highest BCUT2D eigenvalue weighted by Gasteiger charge is 2.38. The van der Waals surface area contributed by atoms with Crippen molar-refractivity contribution >= 4 is 11.7 Å². The first-order valence-electron chi connectivity index (χ1n) is 7.57. The molecule has 1 aliphatic heterocycles. The molecule has 0 saturated carbocycles. The first kappa shape index (κ1) is 17.7. The van der Waals surface area contributed by atoms with Crippen molar-refractivity contribution in [2.75, 3.05) is 7.11 Å². The summed E-state index contributed by atoms with van der Waals surface area (Å²) < 4.78 is 15.3. The van der Waals surface area contributed by atoms with Crippen molar-refractivity contribution in [3.8, 4) is 5.75 Å². The Labute approximate surface area is 147 Å². The number of nitrogens with two attached hydrogens (primary N) is 1. The molecule has 26 heavy (non-hydrogen) atoms. The van der Waals surface area contributed by atoms with Gasteiger partial charge in [-0.3, -0.25) is 0 Å². The summed E-state index contributed by atoms with van der Waals surface area (Å²) in [6.45, 7) is 1.57. The zero-order chi connectivity index (χ0) is 19.0. The Morgan fingerprint density at radius 2 is 2.12 bits per heavy atom. The summed E-state index contributed by atoms with van der Waals surface area (Å²) in [6, 6.07) is 7.33. The van der Waals surface area contributed by atoms with Crippen molar-refractivity contribution in [1.29, 1.82) is 0 Å². The number of aryl methyl sites for hydroxylation is 1. The summed E-state index contributed by atoms with van der Waals surface area (Å²) in [4.78, 5) is 24.8. The number of fused-ring (bicyclic) bond motifs is 1. The van der Waals surface area contributed by atoms with Gasteiger partial charge in [-0.1, -0.05) is 12.1 Å². The predicted octanol–water partition coefficient (Wildman–Crippen LogP) is 0.219. The molecule has 2 atom stereocenters. The number of nitrogens with one attached hydrogen (secondary N) is 1. The van der Waals surface area contributed by atoms with Gasteiger partial charge in [0, 0.05) is 18.2 Å². The van der Waals surface area contributed by atoms with Crippen LogP contribution in [-0.2, 0) is 9.53 Å². The topological polar surface area (TPSA) is 139 Å². The minimum atomic E-state index is -1.15. The molecule has 1 aromatic heterocycles. The highest BCUT2D eigenvalue weighted by atomic mass is 16.8. The minimum Gasteiger partial charge on any atom is -0.595 e. The summed E-state index contributed by atoms with van der Waals surface area (Å²) >= 11 is 0. The van der Waals surface area contributed by atoms with Crippen LogP contribution in [0.4, 0.5) is 5.69 Å². The quantitative estimate of drug-likeness (QED) is 0.522. The Morgan fingerprint density at radius 1 is 1.38 bits per heavy atom. The number of hydrogen-bond donors (Lipinski definition) is 3. The van der Waals surface area contributed by atoms with Crippen molar-refractivity contribution in [1.82, 2.24) is 0 Å². The number of ether oxygens (including phenoxy) is 2. The SMILES string of the molecule is COC(=O)C1=C(N)Oc2cc(C)oc(=O)c2[C@H]1c1cccc([NH+]([O-])O)c1. The van der Waals surface area contributed by atoms with Crippen molar-refractivity contribution < 1.29 is 29.1 Å². The number of methoxy groups -OCH3 is 1. The maximum Gasteiger partial charge on any atom is 0.343 e. The van der Waals surface area contributed by atoms with Crippen LogP contribution in [0.3, 0.4) is 0 Å². The maximum absolute atomic E-state index is 12.5. The second-order valence-electron chi connectivity index (χ2n) is 5.66. The van der Waals surface area contributed by atoms with Crippen LogP contribution in [0.2, 0.25) is 0 Å². The maximum atomic E-state index is 12.5. The van der Waals surface area contributed by atoms with Crippen LogP contribution >= 0.6 is 0 Å². The van der Waals surface area contributed by atoms with Crippen molar-refractivity contribution in [3.63, 3.8) is 0 Å². The van der Waals surface area contributed by atoms with E-state index in [4.69, 9.17) is 19.6 Å². The van der Waals surface area contributed by atoms with Gasteiger partial charge in [0.05, 0.1) is 18.6 Å². The van der Waals surface area contributed by atoms with Crippen LogP contribution < -0.4 is 21.3 Å². The van der Waals surface area contributed by atoms with Gasteiger partial charge >= 0.3 is 11.6 Å². The van der Waals surface area contributed by atoms with Gasteiger partial charge in [0.1, 0.15) is 17.1 Å². The molecule has 2 aromatic rings. The van der Waals surface area contributed by atoms with Crippen LogP contribution in [-0.4, -0.2) is 18.3 Å². The lowest BCUT2D eigenvalue weighted by atomic mass is 9.83. The molecule has 1 aromatic carbocycles. The second kappa shape index (κ2) is 6.64. The predicted molar refractivity (Wildman–Crippen MR) is 87.6 cm³/mol. The molecule has 1 aliphatic rings. The van der Waals surface area contributed by atoms with Gasteiger partial charge in [0.2, 0.25) is 5.88 Å². The first-order valence-corrected chi connectivity index (χ1v) is 7.57. The number of quaternary nitrogens is 1. The number of carbonyl (C=O) groups excluding carboxylic acids is 1. The van der Waals surface area contributed by atoms with E-state index in [1.165, 1.54) is 31.4 Å². The van der Waals surface area contributed by atoms with E-state index in [0.717, 1.165) is 0 Å². The molecule has 136 valence electrons. The summed E-state index contributed by atoms with van der Waals surface area (Å²) in [7, 11) is 1.17. The van der Waals surface area contributed by atoms with Gasteiger partial charge in [0.25, 0.3) is 0 Å². The first-order chi connectivity index (χ1) is 12.3. The molecule has 1 unspecified atom stereocenters. The van der Waals surface area contributed by atoms with Gasteiger partial charge in [-0.15, -0.1) is 0 Å². The smallest absolute Gasteiger partial charge is 0.343 e. The molecule has 9 nitrogen and oxygen atoms in total. The number of carbonyl (C=O) groups is 1. The average molecular weight is 360 g/mol. The fourth-order valence-electron chi connectivity index (χ4n) is 2.91. The zero-order valence-corrected chi connectivity index (χ0v) is 13.9. The average Bonchev–Trinajstić information content (AvgIpc) is 2.59. The second-order valence-corrected chi connectivity index (χ2v) is 5.66. The number of benzene rings is 1. The third-order valence-electron chi connectivity index (χ3n) is 4.01. The Bertz CT molecular complexity index is 962. The van der Waals surface area contributed by atoms with Crippen LogP contribution in [0.5, 0.6) is 5.75 Å². The van der Waals surface area contributed by atoms with Crippen molar-refractivity contribution in [2.24, 2.45) is 5.73 Å². The summed E-state index contributed by atoms with van der Waals surface area (Å²) in [6.07, 6.45) is 0. The molecule has 0 radical (unpaired) electrons. The molecule has 3 rings (SSSR count). The molecule has 0 bridgehead atoms. The lowest BCUT2D eigenvalue weighted by Crippen LogP contribution is -2.99. The summed E-state index contributed by atoms with van der Waals surface area (Å²) in [5.74, 6) is -1.54. The largest absolute Gasteiger partial charge is 0.595 e. The Morgan fingerprint density at radius 3 is 2.77 bits per heavy atom. The lowest BCUT2D eigenvalue weighted by molar-refractivity contribution is -0.991. The molecule has 0 amide bonds. The molecule has 0 spiro atoms. The standard InChI is InChI=1S/C17H16N2O7/c1-8-6-11-13(17(21)25-8)12(14(15(18)26-11)16(20)24-2)9-4-3-5-10(7-9)19(22)23/h3-7,12,19,22H,18H2,1-2H3/t12-/m1/s1.